The lowest BCUT2D eigenvalue weighted by molar-refractivity contribution is -0.114. The van der Waals surface area contributed by atoms with Gasteiger partial charge in [0, 0.05) is 12.6 Å². The van der Waals surface area contributed by atoms with Gasteiger partial charge in [0.2, 0.25) is 5.91 Å². The molecule has 0 saturated heterocycles. The third-order valence-corrected chi connectivity index (χ3v) is 2.01. The molecule has 0 spiro atoms. The van der Waals surface area contributed by atoms with Gasteiger partial charge in [-0.3, -0.25) is 4.79 Å². The van der Waals surface area contributed by atoms with Crippen LogP contribution in [0.2, 0.25) is 0 Å². The van der Waals surface area contributed by atoms with Gasteiger partial charge in [-0.1, -0.05) is 18.2 Å². The van der Waals surface area contributed by atoms with Crippen LogP contribution in [0.3, 0.4) is 0 Å². The zero-order chi connectivity index (χ0) is 9.97. The van der Waals surface area contributed by atoms with E-state index in [1.54, 1.807) is 0 Å². The molecule has 0 bridgehead atoms. The van der Waals surface area contributed by atoms with Crippen LogP contribution in [-0.2, 0) is 4.79 Å². The molecule has 0 aliphatic carbocycles. The number of fused-ring (bicyclic) bond motifs is 1. The Bertz CT molecular complexity index is 476. The number of benzene rings is 2. The third kappa shape index (κ3) is 1.74. The molecule has 1 N–H and O–H groups in total. The summed E-state index contributed by atoms with van der Waals surface area (Å²) in [6, 6.07) is 14.6. The number of carbonyl (C=O) groups excluding carboxylic acids is 1. The number of hydrogen-bond donors (Lipinski definition) is 1. The van der Waals surface area contributed by atoms with Crippen LogP contribution in [0.1, 0.15) is 6.92 Å². The molecule has 0 fully saturated rings. The molecular weight excluding hydrogens is 174 g/mol. The molecule has 0 aromatic heterocycles. The van der Waals surface area contributed by atoms with Crippen molar-refractivity contribution in [3.05, 3.63) is 42.5 Å². The summed E-state index contributed by atoms with van der Waals surface area (Å²) in [5.74, 6) is -0.0492. The van der Waals surface area contributed by atoms with Crippen molar-refractivity contribution < 1.29 is 4.79 Å². The predicted molar refractivity (Wildman–Crippen MR) is 57.1 cm³/mol. The number of anilines is 1. The van der Waals surface area contributed by atoms with Crippen molar-refractivity contribution >= 4 is 22.4 Å². The number of hydrogen-bond acceptors (Lipinski definition) is 1. The molecule has 0 heterocycles. The first kappa shape index (κ1) is 8.75. The van der Waals surface area contributed by atoms with Gasteiger partial charge in [0.15, 0.2) is 0 Å². The lowest BCUT2D eigenvalue weighted by Crippen LogP contribution is -2.05. The van der Waals surface area contributed by atoms with Crippen molar-refractivity contribution in [1.82, 2.24) is 0 Å². The van der Waals surface area contributed by atoms with Gasteiger partial charge in [-0.2, -0.15) is 0 Å². The van der Waals surface area contributed by atoms with Crippen LogP contribution in [0.25, 0.3) is 10.8 Å². The highest BCUT2D eigenvalue weighted by Gasteiger charge is 1.96. The van der Waals surface area contributed by atoms with Crippen molar-refractivity contribution in [3.8, 4) is 0 Å². The van der Waals surface area contributed by atoms with E-state index in [4.69, 9.17) is 0 Å². The van der Waals surface area contributed by atoms with Crippen LogP contribution in [-0.4, -0.2) is 5.91 Å². The molecule has 1 amide bonds. The predicted octanol–water partition coefficient (Wildman–Crippen LogP) is 2.60. The van der Waals surface area contributed by atoms with Crippen molar-refractivity contribution in [3.63, 3.8) is 0 Å². The molecule has 2 rings (SSSR count). The van der Waals surface area contributed by atoms with E-state index in [0.29, 0.717) is 0 Å². The Morgan fingerprint density at radius 1 is 1.29 bits per heavy atom. The normalized spacial score (nSPS) is 10.1. The number of carbonyl (C=O) groups is 1. The van der Waals surface area contributed by atoms with Gasteiger partial charge in [0.05, 0.1) is 0 Å². The molecule has 0 aliphatic heterocycles. The maximum atomic E-state index is 10.8. The minimum absolute atomic E-state index is 0.0492. The van der Waals surface area contributed by atoms with E-state index < -0.39 is 0 Å². The summed E-state index contributed by atoms with van der Waals surface area (Å²) in [6.45, 7) is 1.50. The van der Waals surface area contributed by atoms with Gasteiger partial charge in [0.25, 0.3) is 0 Å². The topological polar surface area (TPSA) is 29.1 Å². The Kier molecular flexibility index (Phi) is 2.19. The van der Waals surface area contributed by atoms with Crippen LogP contribution in [0.15, 0.2) is 36.4 Å². The fourth-order valence-electron chi connectivity index (χ4n) is 1.41. The molecule has 14 heavy (non-hydrogen) atoms. The first-order valence-electron chi connectivity index (χ1n) is 4.43. The van der Waals surface area contributed by atoms with Crippen LogP contribution >= 0.6 is 0 Å². The van der Waals surface area contributed by atoms with Gasteiger partial charge in [-0.15, -0.1) is 0 Å². The van der Waals surface area contributed by atoms with Crippen molar-refractivity contribution in [2.45, 2.75) is 6.92 Å². The summed E-state index contributed by atoms with van der Waals surface area (Å²) < 4.78 is 0. The third-order valence-electron chi connectivity index (χ3n) is 2.01. The summed E-state index contributed by atoms with van der Waals surface area (Å²) in [5, 5.41) is 4.98. The minimum Gasteiger partial charge on any atom is -0.326 e. The smallest absolute Gasteiger partial charge is 0.221 e. The molecular formula is C12H10NO. The van der Waals surface area contributed by atoms with Gasteiger partial charge in [-0.25, -0.2) is 0 Å². The zero-order valence-electron chi connectivity index (χ0n) is 7.87. The number of rotatable bonds is 1. The second-order valence-corrected chi connectivity index (χ2v) is 3.17. The molecule has 0 saturated carbocycles. The Balaban J connectivity index is 2.46. The second-order valence-electron chi connectivity index (χ2n) is 3.17. The summed E-state index contributed by atoms with van der Waals surface area (Å²) in [4.78, 5) is 10.8. The fraction of sp³-hybridized carbons (Fsp3) is 0.0833. The Hall–Kier alpha value is -1.83. The van der Waals surface area contributed by atoms with Crippen LogP contribution in [0.4, 0.5) is 5.69 Å². The molecule has 0 unspecified atom stereocenters. The lowest BCUT2D eigenvalue weighted by atomic mass is 10.1. The highest BCUT2D eigenvalue weighted by atomic mass is 16.1. The lowest BCUT2D eigenvalue weighted by Gasteiger charge is -2.03. The van der Waals surface area contributed by atoms with E-state index in [1.165, 1.54) is 6.92 Å². The average molecular weight is 184 g/mol. The van der Waals surface area contributed by atoms with E-state index in [1.807, 2.05) is 36.4 Å². The van der Waals surface area contributed by atoms with Crippen LogP contribution in [0, 0.1) is 6.07 Å². The van der Waals surface area contributed by atoms with Gasteiger partial charge < -0.3 is 5.32 Å². The quantitative estimate of drug-likeness (QED) is 0.725. The fourth-order valence-corrected chi connectivity index (χ4v) is 1.41. The summed E-state index contributed by atoms with van der Waals surface area (Å²) in [5.41, 5.74) is 0.830. The SMILES string of the molecule is CC(=O)Nc1ccc2c[c]ccc2c1. The standard InChI is InChI=1S/C12H10NO/c1-9(14)13-12-7-6-10-4-2-3-5-11(10)8-12/h3-8H,1H3,(H,13,14). The van der Waals surface area contributed by atoms with Crippen LogP contribution < -0.4 is 5.32 Å². The van der Waals surface area contributed by atoms with E-state index in [0.717, 1.165) is 16.5 Å². The Morgan fingerprint density at radius 3 is 2.93 bits per heavy atom. The monoisotopic (exact) mass is 184 g/mol. The maximum Gasteiger partial charge on any atom is 0.221 e. The Morgan fingerprint density at radius 2 is 2.14 bits per heavy atom. The zero-order valence-corrected chi connectivity index (χ0v) is 7.87. The van der Waals surface area contributed by atoms with E-state index in [9.17, 15) is 4.79 Å². The first-order valence-corrected chi connectivity index (χ1v) is 4.43. The minimum atomic E-state index is -0.0492. The van der Waals surface area contributed by atoms with E-state index in [-0.39, 0.29) is 5.91 Å². The van der Waals surface area contributed by atoms with Crippen molar-refractivity contribution in [2.24, 2.45) is 0 Å². The largest absolute Gasteiger partial charge is 0.326 e. The van der Waals surface area contributed by atoms with E-state index >= 15 is 0 Å². The summed E-state index contributed by atoms with van der Waals surface area (Å²) in [7, 11) is 0. The molecule has 2 aromatic rings. The Labute approximate surface area is 82.6 Å². The average Bonchev–Trinajstić information content (AvgIpc) is 2.17. The summed E-state index contributed by atoms with van der Waals surface area (Å²) in [6.07, 6.45) is 0. The van der Waals surface area contributed by atoms with Crippen molar-refractivity contribution in [1.29, 1.82) is 0 Å². The highest BCUT2D eigenvalue weighted by molar-refractivity contribution is 5.93. The van der Waals surface area contributed by atoms with Crippen molar-refractivity contribution in [2.75, 3.05) is 5.32 Å². The molecule has 0 atom stereocenters. The highest BCUT2D eigenvalue weighted by Crippen LogP contribution is 2.18. The maximum absolute atomic E-state index is 10.8. The molecule has 1 radical (unpaired) electrons. The van der Waals surface area contributed by atoms with E-state index in [2.05, 4.69) is 11.4 Å². The molecule has 2 heteroatoms. The number of amides is 1. The van der Waals surface area contributed by atoms with Gasteiger partial charge in [0.1, 0.15) is 0 Å². The molecule has 2 aromatic carbocycles. The molecule has 2 nitrogen and oxygen atoms in total. The van der Waals surface area contributed by atoms with Gasteiger partial charge >= 0.3 is 0 Å². The first-order chi connectivity index (χ1) is 6.75. The second kappa shape index (κ2) is 3.50. The van der Waals surface area contributed by atoms with Gasteiger partial charge in [-0.05, 0) is 35.0 Å². The molecule has 0 aliphatic rings. The molecule has 69 valence electrons. The summed E-state index contributed by atoms with van der Waals surface area (Å²) >= 11 is 0. The van der Waals surface area contributed by atoms with Crippen LogP contribution in [0.5, 0.6) is 0 Å². The number of nitrogens with one attached hydrogen (secondary N) is 1.